The van der Waals surface area contributed by atoms with Crippen LogP contribution in [0, 0.1) is 0 Å². The average molecular weight is 576 g/mol. The van der Waals surface area contributed by atoms with Gasteiger partial charge in [0.05, 0.1) is 6.85 Å². The summed E-state index contributed by atoms with van der Waals surface area (Å²) in [7, 11) is 0. The summed E-state index contributed by atoms with van der Waals surface area (Å²) < 4.78 is 49.0. The monoisotopic (exact) mass is 575 g/mol. The molecule has 0 saturated carbocycles. The maximum Gasteiger partial charge on any atom is 0.143 e. The van der Waals surface area contributed by atoms with Gasteiger partial charge in [-0.05, 0) is 89.1 Å². The molecule has 0 spiro atoms. The predicted molar refractivity (Wildman–Crippen MR) is 190 cm³/mol. The fourth-order valence-corrected chi connectivity index (χ4v) is 7.39. The highest BCUT2D eigenvalue weighted by atomic mass is 16.5. The van der Waals surface area contributed by atoms with E-state index in [4.69, 9.17) is 11.6 Å². The minimum absolute atomic E-state index is 0.206. The molecule has 1 aliphatic heterocycles. The summed E-state index contributed by atoms with van der Waals surface area (Å²) in [6.07, 6.45) is 0. The fourth-order valence-electron chi connectivity index (χ4n) is 7.39. The van der Waals surface area contributed by atoms with Crippen molar-refractivity contribution >= 4 is 53.9 Å². The first-order valence-electron chi connectivity index (χ1n) is 17.6. The van der Waals surface area contributed by atoms with Gasteiger partial charge in [0.25, 0.3) is 0 Å². The van der Waals surface area contributed by atoms with Crippen LogP contribution in [0.4, 0.5) is 0 Å². The highest BCUT2D eigenvalue weighted by Gasteiger charge is 2.25. The maximum atomic E-state index is 8.72. The van der Waals surface area contributed by atoms with Crippen LogP contribution in [0.1, 0.15) is 6.85 Å². The third kappa shape index (κ3) is 3.50. The Hall–Kier alpha value is -5.92. The van der Waals surface area contributed by atoms with E-state index in [2.05, 4.69) is 97.1 Å². The van der Waals surface area contributed by atoms with E-state index in [1.165, 1.54) is 0 Å². The molecule has 9 aromatic rings. The Bertz CT molecular complexity index is 2930. The topological polar surface area (TPSA) is 9.23 Å². The van der Waals surface area contributed by atoms with Crippen molar-refractivity contribution in [1.82, 2.24) is 0 Å². The number of ether oxygens (including phenoxy) is 1. The second-order valence-electron chi connectivity index (χ2n) is 11.6. The number of hydrogen-bond donors (Lipinski definition) is 0. The quantitative estimate of drug-likeness (QED) is 0.147. The molecule has 0 radical (unpaired) electrons. The van der Waals surface area contributed by atoms with Crippen LogP contribution in [0.3, 0.4) is 0 Å². The van der Waals surface area contributed by atoms with Crippen molar-refractivity contribution in [3.63, 3.8) is 0 Å². The van der Waals surface area contributed by atoms with Gasteiger partial charge in [-0.15, -0.1) is 0 Å². The van der Waals surface area contributed by atoms with E-state index in [0.717, 1.165) is 87.6 Å². The lowest BCUT2D eigenvalue weighted by Gasteiger charge is -2.25. The Morgan fingerprint density at radius 3 is 1.98 bits per heavy atom. The first-order valence-corrected chi connectivity index (χ1v) is 15.1. The highest BCUT2D eigenvalue weighted by Crippen LogP contribution is 2.53. The van der Waals surface area contributed by atoms with Gasteiger partial charge in [0, 0.05) is 16.3 Å². The summed E-state index contributed by atoms with van der Waals surface area (Å²) >= 11 is 0. The molecule has 0 aromatic heterocycles. The number of rotatable bonds is 2. The first-order chi connectivity index (χ1) is 24.4. The van der Waals surface area contributed by atoms with Crippen molar-refractivity contribution < 1.29 is 11.6 Å². The van der Waals surface area contributed by atoms with Crippen LogP contribution in [0.15, 0.2) is 158 Å². The van der Waals surface area contributed by atoms with Gasteiger partial charge in [0.15, 0.2) is 0 Å². The molecular formula is C44H26O. The molecule has 0 saturated heterocycles. The molecule has 1 nitrogen and oxygen atoms in total. The van der Waals surface area contributed by atoms with E-state index in [1.54, 1.807) is 0 Å². The van der Waals surface area contributed by atoms with Crippen molar-refractivity contribution in [2.24, 2.45) is 0 Å². The van der Waals surface area contributed by atoms with E-state index >= 15 is 0 Å². The molecule has 1 heterocycles. The van der Waals surface area contributed by atoms with Crippen LogP contribution in [-0.4, -0.2) is 0 Å². The molecule has 0 atom stereocenters. The molecule has 0 amide bonds. The van der Waals surface area contributed by atoms with Crippen molar-refractivity contribution in [3.05, 3.63) is 158 Å². The molecule has 45 heavy (non-hydrogen) atoms. The lowest BCUT2D eigenvalue weighted by molar-refractivity contribution is 0.493. The Morgan fingerprint density at radius 1 is 0.422 bits per heavy atom. The van der Waals surface area contributed by atoms with Crippen LogP contribution in [0.2, 0.25) is 0 Å². The normalized spacial score (nSPS) is 13.7. The molecule has 0 N–H and O–H groups in total. The first kappa shape index (κ1) is 20.1. The summed E-state index contributed by atoms with van der Waals surface area (Å²) in [5.74, 6) is 1.72. The number of fused-ring (bicyclic) bond motifs is 8. The highest BCUT2D eigenvalue weighted by molar-refractivity contribution is 6.24. The lowest BCUT2D eigenvalue weighted by Crippen LogP contribution is -1.99. The lowest BCUT2D eigenvalue weighted by atomic mass is 9.84. The SMILES string of the molecule is [2H]c1c([2H])c([2H])c(-c2cccc3c2ccc2c(-c4cc5c(c6ccccc46)Oc4cccc6cccc-5c46)c4ccccc4cc23)c([2H])c1[2H]. The second kappa shape index (κ2) is 9.29. The molecular weight excluding hydrogens is 544 g/mol. The fraction of sp³-hybridized carbons (Fsp3) is 0. The molecule has 208 valence electrons. The zero-order valence-electron chi connectivity index (χ0n) is 29.0. The van der Waals surface area contributed by atoms with Crippen LogP contribution in [0.5, 0.6) is 11.5 Å². The smallest absolute Gasteiger partial charge is 0.143 e. The molecule has 1 heteroatoms. The molecule has 9 aromatic carbocycles. The molecule has 0 fully saturated rings. The number of benzene rings is 9. The molecule has 0 aliphatic carbocycles. The summed E-state index contributed by atoms with van der Waals surface area (Å²) in [4.78, 5) is 0. The van der Waals surface area contributed by atoms with Crippen LogP contribution < -0.4 is 4.74 Å². The van der Waals surface area contributed by atoms with E-state index in [0.29, 0.717) is 5.56 Å². The Kier molecular flexibility index (Phi) is 4.15. The van der Waals surface area contributed by atoms with Gasteiger partial charge in [-0.3, -0.25) is 0 Å². The van der Waals surface area contributed by atoms with Gasteiger partial charge >= 0.3 is 0 Å². The van der Waals surface area contributed by atoms with Crippen molar-refractivity contribution in [2.75, 3.05) is 0 Å². The van der Waals surface area contributed by atoms with E-state index < -0.39 is 6.04 Å². The van der Waals surface area contributed by atoms with Gasteiger partial charge in [0.2, 0.25) is 0 Å². The molecule has 10 rings (SSSR count). The third-order valence-corrected chi connectivity index (χ3v) is 9.30. The summed E-state index contributed by atoms with van der Waals surface area (Å²) in [6, 6.07) is 42.5. The summed E-state index contributed by atoms with van der Waals surface area (Å²) in [6.45, 7) is 0. The van der Waals surface area contributed by atoms with Crippen LogP contribution >= 0.6 is 0 Å². The predicted octanol–water partition coefficient (Wildman–Crippen LogP) is 12.6. The van der Waals surface area contributed by atoms with E-state index in [9.17, 15) is 0 Å². The third-order valence-electron chi connectivity index (χ3n) is 9.30. The largest absolute Gasteiger partial charge is 0.455 e. The Balaban J connectivity index is 1.33. The Labute approximate surface area is 267 Å². The van der Waals surface area contributed by atoms with Crippen LogP contribution in [-0.2, 0) is 0 Å². The number of hydrogen-bond acceptors (Lipinski definition) is 1. The van der Waals surface area contributed by atoms with Crippen molar-refractivity contribution in [1.29, 1.82) is 0 Å². The summed E-state index contributed by atoms with van der Waals surface area (Å²) in [5.41, 5.74) is 5.22. The standard InChI is InChI=1S/C44H26O/c1-2-11-27(12-3-1)30-19-10-20-32-34(30)23-24-36-38(32)25-29-13-4-5-16-31(29)43(36)39-26-40-35-21-8-14-28-15-9-22-41(42(28)35)45-44(40)37-18-7-6-17-33(37)39/h1-26H/i1D,2D,3D,11D,12D. The van der Waals surface area contributed by atoms with Crippen molar-refractivity contribution in [2.45, 2.75) is 0 Å². The molecule has 0 unspecified atom stereocenters. The minimum Gasteiger partial charge on any atom is -0.455 e. The van der Waals surface area contributed by atoms with Gasteiger partial charge in [-0.25, -0.2) is 0 Å². The van der Waals surface area contributed by atoms with Gasteiger partial charge in [-0.2, -0.15) is 0 Å². The Morgan fingerprint density at radius 2 is 1.09 bits per heavy atom. The van der Waals surface area contributed by atoms with Crippen molar-refractivity contribution in [3.8, 4) is 44.9 Å². The van der Waals surface area contributed by atoms with Gasteiger partial charge < -0.3 is 4.74 Å². The van der Waals surface area contributed by atoms with E-state index in [1.807, 2.05) is 30.3 Å². The van der Waals surface area contributed by atoms with Crippen LogP contribution in [0.25, 0.3) is 87.2 Å². The average Bonchev–Trinajstić information content (AvgIpc) is 3.15. The summed E-state index contributed by atoms with van der Waals surface area (Å²) in [5, 5.41) is 10.4. The van der Waals surface area contributed by atoms with Gasteiger partial charge in [-0.1, -0.05) is 139 Å². The van der Waals surface area contributed by atoms with E-state index in [-0.39, 0.29) is 29.7 Å². The zero-order chi connectivity index (χ0) is 33.8. The maximum absolute atomic E-state index is 8.72. The zero-order valence-corrected chi connectivity index (χ0v) is 24.0. The molecule has 1 aliphatic rings. The van der Waals surface area contributed by atoms with Gasteiger partial charge in [0.1, 0.15) is 11.5 Å². The second-order valence-corrected chi connectivity index (χ2v) is 11.6. The molecule has 0 bridgehead atoms. The minimum atomic E-state index is -0.395.